The van der Waals surface area contributed by atoms with Crippen LogP contribution in [0.25, 0.3) is 0 Å². The number of carboxylic acids is 1. The quantitative estimate of drug-likeness (QED) is 0.492. The van der Waals surface area contributed by atoms with Gasteiger partial charge in [0.05, 0.1) is 20.5 Å². The third-order valence-electron chi connectivity index (χ3n) is 1.91. The Morgan fingerprint density at radius 1 is 1.50 bits per heavy atom. The number of carboxylic acid groups (broad SMARTS) is 1. The molecule has 98 valence electrons. The summed E-state index contributed by atoms with van der Waals surface area (Å²) in [6.07, 6.45) is 0.941. The van der Waals surface area contributed by atoms with E-state index in [1.54, 1.807) is 0 Å². The van der Waals surface area contributed by atoms with Crippen LogP contribution in [-0.2, 0) is 14.6 Å². The summed E-state index contributed by atoms with van der Waals surface area (Å²) >= 11 is 0.767. The fourth-order valence-corrected chi connectivity index (χ4v) is 2.50. The maximum atomic E-state index is 11.3. The van der Waals surface area contributed by atoms with E-state index in [1.807, 2.05) is 0 Å². The van der Waals surface area contributed by atoms with Gasteiger partial charge in [-0.15, -0.1) is 11.8 Å². The fraction of sp³-hybridized carbons (Fsp3) is 0.222. The van der Waals surface area contributed by atoms with Crippen molar-refractivity contribution in [2.24, 2.45) is 0 Å². The molecule has 0 bridgehead atoms. The summed E-state index contributed by atoms with van der Waals surface area (Å²) in [5.74, 6) is -1.44. The molecule has 7 nitrogen and oxygen atoms in total. The highest BCUT2D eigenvalue weighted by Crippen LogP contribution is 2.31. The van der Waals surface area contributed by atoms with Gasteiger partial charge in [0, 0.05) is 12.3 Å². The number of nitro benzene ring substituents is 1. The van der Waals surface area contributed by atoms with Gasteiger partial charge in [0.25, 0.3) is 5.69 Å². The van der Waals surface area contributed by atoms with Crippen molar-refractivity contribution in [3.05, 3.63) is 28.3 Å². The lowest BCUT2D eigenvalue weighted by Gasteiger charge is -2.03. The molecule has 9 heteroatoms. The predicted octanol–water partition coefficient (Wildman–Crippen LogP) is 1.18. The minimum absolute atomic E-state index is 0.120. The summed E-state index contributed by atoms with van der Waals surface area (Å²) in [4.78, 5) is 20.4. The second-order valence-electron chi connectivity index (χ2n) is 3.34. The number of sulfone groups is 1. The molecule has 0 unspecified atom stereocenters. The van der Waals surface area contributed by atoms with E-state index in [4.69, 9.17) is 5.11 Å². The molecule has 0 aliphatic carbocycles. The molecular formula is C9H9NO6S2. The first-order valence-electron chi connectivity index (χ1n) is 4.55. The average molecular weight is 291 g/mol. The zero-order chi connectivity index (χ0) is 13.9. The smallest absolute Gasteiger partial charge is 0.313 e. The standard InChI is InChI=1S/C9H9NO6S2/c1-18(15,16)6-2-3-8(17-5-9(11)12)7(4-6)10(13)14/h2-4H,5H2,1H3,(H,11,12). The van der Waals surface area contributed by atoms with Crippen LogP contribution in [0.4, 0.5) is 5.69 Å². The summed E-state index contributed by atoms with van der Waals surface area (Å²) in [5, 5.41) is 19.3. The van der Waals surface area contributed by atoms with Crippen LogP contribution in [0, 0.1) is 10.1 Å². The molecule has 0 heterocycles. The molecule has 0 aliphatic rings. The molecule has 1 aromatic rings. The molecule has 0 atom stereocenters. The van der Waals surface area contributed by atoms with Crippen molar-refractivity contribution in [3.8, 4) is 0 Å². The number of nitrogens with zero attached hydrogens (tertiary/aromatic N) is 1. The van der Waals surface area contributed by atoms with Crippen LogP contribution in [-0.4, -0.2) is 36.4 Å². The first kappa shape index (κ1) is 14.5. The number of nitro groups is 1. The molecule has 1 rings (SSSR count). The molecule has 0 spiro atoms. The first-order valence-corrected chi connectivity index (χ1v) is 7.42. The highest BCUT2D eigenvalue weighted by atomic mass is 32.2. The molecule has 0 aliphatic heterocycles. The van der Waals surface area contributed by atoms with Crippen molar-refractivity contribution in [1.82, 2.24) is 0 Å². The average Bonchev–Trinajstić information content (AvgIpc) is 2.24. The van der Waals surface area contributed by atoms with Gasteiger partial charge in [-0.2, -0.15) is 0 Å². The lowest BCUT2D eigenvalue weighted by molar-refractivity contribution is -0.388. The second kappa shape index (κ2) is 5.36. The van der Waals surface area contributed by atoms with Gasteiger partial charge in [0.2, 0.25) is 0 Å². The molecule has 0 amide bonds. The lowest BCUT2D eigenvalue weighted by atomic mass is 10.3. The summed E-state index contributed by atoms with van der Waals surface area (Å²) in [6.45, 7) is 0. The number of carbonyl (C=O) groups is 1. The van der Waals surface area contributed by atoms with Gasteiger partial charge in [-0.25, -0.2) is 8.42 Å². The van der Waals surface area contributed by atoms with Crippen molar-refractivity contribution in [3.63, 3.8) is 0 Å². The molecule has 0 aromatic heterocycles. The third kappa shape index (κ3) is 3.70. The Balaban J connectivity index is 3.21. The van der Waals surface area contributed by atoms with Crippen molar-refractivity contribution in [2.45, 2.75) is 9.79 Å². The molecule has 1 aromatic carbocycles. The van der Waals surface area contributed by atoms with Crippen LogP contribution in [0.5, 0.6) is 0 Å². The maximum Gasteiger partial charge on any atom is 0.313 e. The van der Waals surface area contributed by atoms with Crippen LogP contribution in [0.3, 0.4) is 0 Å². The number of hydrogen-bond acceptors (Lipinski definition) is 6. The van der Waals surface area contributed by atoms with E-state index >= 15 is 0 Å². The van der Waals surface area contributed by atoms with Crippen LogP contribution in [0.2, 0.25) is 0 Å². The van der Waals surface area contributed by atoms with Crippen molar-refractivity contribution < 1.29 is 23.2 Å². The largest absolute Gasteiger partial charge is 0.481 e. The molecule has 1 N–H and O–H groups in total. The zero-order valence-electron chi connectivity index (χ0n) is 9.19. The third-order valence-corrected chi connectivity index (χ3v) is 4.06. The van der Waals surface area contributed by atoms with Crippen LogP contribution in [0.1, 0.15) is 0 Å². The number of aliphatic carboxylic acids is 1. The Morgan fingerprint density at radius 2 is 2.11 bits per heavy atom. The number of rotatable bonds is 5. The highest BCUT2D eigenvalue weighted by Gasteiger charge is 2.19. The van der Waals surface area contributed by atoms with Crippen LogP contribution >= 0.6 is 11.8 Å². The van der Waals surface area contributed by atoms with Crippen LogP contribution < -0.4 is 0 Å². The minimum atomic E-state index is -3.54. The predicted molar refractivity (Wildman–Crippen MR) is 64.6 cm³/mol. The Morgan fingerprint density at radius 3 is 2.56 bits per heavy atom. The highest BCUT2D eigenvalue weighted by molar-refractivity contribution is 8.00. The van der Waals surface area contributed by atoms with E-state index in [1.165, 1.54) is 12.1 Å². The normalized spacial score (nSPS) is 11.2. The van der Waals surface area contributed by atoms with E-state index in [0.717, 1.165) is 24.1 Å². The summed E-state index contributed by atoms with van der Waals surface area (Å²) in [7, 11) is -3.54. The Bertz CT molecular complexity index is 595. The van der Waals surface area contributed by atoms with Gasteiger partial charge in [-0.1, -0.05) is 0 Å². The topological polar surface area (TPSA) is 115 Å². The molecule has 0 saturated heterocycles. The molecule has 18 heavy (non-hydrogen) atoms. The monoisotopic (exact) mass is 291 g/mol. The number of benzene rings is 1. The van der Waals surface area contributed by atoms with Crippen molar-refractivity contribution in [1.29, 1.82) is 0 Å². The van der Waals surface area contributed by atoms with E-state index in [2.05, 4.69) is 0 Å². The Hall–Kier alpha value is -1.61. The van der Waals surface area contributed by atoms with Crippen molar-refractivity contribution in [2.75, 3.05) is 12.0 Å². The minimum Gasteiger partial charge on any atom is -0.481 e. The summed E-state index contributed by atoms with van der Waals surface area (Å²) in [6, 6.07) is 3.38. The Kier molecular flexibility index (Phi) is 4.30. The molecule has 0 radical (unpaired) electrons. The molecular weight excluding hydrogens is 282 g/mol. The molecule has 0 fully saturated rings. The van der Waals surface area contributed by atoms with Gasteiger partial charge in [0.1, 0.15) is 0 Å². The van der Waals surface area contributed by atoms with E-state index in [0.29, 0.717) is 0 Å². The van der Waals surface area contributed by atoms with Gasteiger partial charge >= 0.3 is 5.97 Å². The van der Waals surface area contributed by atoms with E-state index in [-0.39, 0.29) is 15.5 Å². The fourth-order valence-electron chi connectivity index (χ4n) is 1.13. The summed E-state index contributed by atoms with van der Waals surface area (Å²) in [5.41, 5.74) is -0.413. The van der Waals surface area contributed by atoms with E-state index < -0.39 is 26.4 Å². The maximum absolute atomic E-state index is 11.3. The van der Waals surface area contributed by atoms with Gasteiger partial charge in [-0.3, -0.25) is 14.9 Å². The first-order chi connectivity index (χ1) is 8.21. The second-order valence-corrected chi connectivity index (χ2v) is 6.37. The van der Waals surface area contributed by atoms with Gasteiger partial charge in [0.15, 0.2) is 9.84 Å². The van der Waals surface area contributed by atoms with Gasteiger partial charge in [-0.05, 0) is 12.1 Å². The van der Waals surface area contributed by atoms with Gasteiger partial charge < -0.3 is 5.11 Å². The SMILES string of the molecule is CS(=O)(=O)c1ccc(SCC(=O)O)c([N+](=O)[O-])c1. The lowest BCUT2D eigenvalue weighted by Crippen LogP contribution is -2.01. The number of hydrogen-bond donors (Lipinski definition) is 1. The number of thioether (sulfide) groups is 1. The Labute approximate surface area is 107 Å². The molecule has 0 saturated carbocycles. The zero-order valence-corrected chi connectivity index (χ0v) is 10.8. The van der Waals surface area contributed by atoms with E-state index in [9.17, 15) is 23.3 Å². The van der Waals surface area contributed by atoms with Crippen LogP contribution in [0.15, 0.2) is 28.0 Å². The van der Waals surface area contributed by atoms with Crippen molar-refractivity contribution >= 4 is 33.3 Å². The summed E-state index contributed by atoms with van der Waals surface area (Å²) < 4.78 is 22.5.